The van der Waals surface area contributed by atoms with E-state index < -0.39 is 0 Å². The van der Waals surface area contributed by atoms with E-state index in [1.165, 1.54) is 25.7 Å². The van der Waals surface area contributed by atoms with E-state index >= 15 is 0 Å². The first-order valence-corrected chi connectivity index (χ1v) is 6.20. The van der Waals surface area contributed by atoms with Crippen molar-refractivity contribution < 1.29 is 0 Å². The van der Waals surface area contributed by atoms with Crippen molar-refractivity contribution in [2.24, 2.45) is 11.3 Å². The quantitative estimate of drug-likeness (QED) is 0.729. The normalized spacial score (nSPS) is 34.1. The van der Waals surface area contributed by atoms with Crippen LogP contribution in [0, 0.1) is 11.3 Å². The molecule has 1 nitrogen and oxygen atoms in total. The van der Waals surface area contributed by atoms with Crippen LogP contribution in [-0.2, 0) is 0 Å². The van der Waals surface area contributed by atoms with Gasteiger partial charge in [0, 0.05) is 12.1 Å². The average molecular weight is 197 g/mol. The van der Waals surface area contributed by atoms with Gasteiger partial charge in [0.05, 0.1) is 0 Å². The van der Waals surface area contributed by atoms with Crippen molar-refractivity contribution in [3.8, 4) is 0 Å². The molecule has 14 heavy (non-hydrogen) atoms. The molecule has 1 rings (SSSR count). The van der Waals surface area contributed by atoms with Crippen LogP contribution in [0.25, 0.3) is 0 Å². The first kappa shape index (κ1) is 12.0. The summed E-state index contributed by atoms with van der Waals surface area (Å²) in [6, 6.07) is 1.45. The molecule has 1 aliphatic carbocycles. The summed E-state index contributed by atoms with van der Waals surface area (Å²) in [6.45, 7) is 11.8. The van der Waals surface area contributed by atoms with Crippen molar-refractivity contribution in [1.29, 1.82) is 0 Å². The van der Waals surface area contributed by atoms with E-state index in [4.69, 9.17) is 0 Å². The van der Waals surface area contributed by atoms with Gasteiger partial charge in [-0.15, -0.1) is 0 Å². The molecule has 0 radical (unpaired) electrons. The number of rotatable bonds is 3. The second-order valence-electron chi connectivity index (χ2n) is 5.97. The predicted octanol–water partition coefficient (Wildman–Crippen LogP) is 3.59. The standard InChI is InChI=1S/C13H27N/c1-6-11(3)14-12-7-8-13(4,5)9-10(12)2/h10-12,14H,6-9H2,1-5H3. The van der Waals surface area contributed by atoms with Crippen LogP contribution in [0.3, 0.4) is 0 Å². The third-order valence-corrected chi connectivity index (χ3v) is 3.80. The number of hydrogen-bond donors (Lipinski definition) is 1. The summed E-state index contributed by atoms with van der Waals surface area (Å²) in [5, 5.41) is 3.76. The Bertz CT molecular complexity index is 174. The Balaban J connectivity index is 2.42. The molecule has 1 heteroatoms. The van der Waals surface area contributed by atoms with Gasteiger partial charge in [-0.25, -0.2) is 0 Å². The molecule has 0 aromatic rings. The van der Waals surface area contributed by atoms with Gasteiger partial charge in [0.15, 0.2) is 0 Å². The predicted molar refractivity (Wildman–Crippen MR) is 63.5 cm³/mol. The fourth-order valence-electron chi connectivity index (χ4n) is 2.68. The average Bonchev–Trinajstić information content (AvgIpc) is 2.09. The Kier molecular flexibility index (Phi) is 4.00. The monoisotopic (exact) mass is 197 g/mol. The highest BCUT2D eigenvalue weighted by atomic mass is 15.0. The molecule has 0 aromatic heterocycles. The van der Waals surface area contributed by atoms with Crippen LogP contribution in [0.5, 0.6) is 0 Å². The highest BCUT2D eigenvalue weighted by Crippen LogP contribution is 2.38. The summed E-state index contributed by atoms with van der Waals surface area (Å²) in [5.41, 5.74) is 0.576. The fraction of sp³-hybridized carbons (Fsp3) is 1.00. The SMILES string of the molecule is CCC(C)NC1CCC(C)(C)CC1C. The molecule has 3 atom stereocenters. The van der Waals surface area contributed by atoms with Gasteiger partial charge in [0.2, 0.25) is 0 Å². The first-order chi connectivity index (χ1) is 6.44. The van der Waals surface area contributed by atoms with Crippen LogP contribution >= 0.6 is 0 Å². The zero-order valence-electron chi connectivity index (χ0n) is 10.6. The minimum Gasteiger partial charge on any atom is -0.311 e. The molecule has 3 unspecified atom stereocenters. The van der Waals surface area contributed by atoms with Gasteiger partial charge in [-0.3, -0.25) is 0 Å². The van der Waals surface area contributed by atoms with E-state index in [9.17, 15) is 0 Å². The van der Waals surface area contributed by atoms with Crippen LogP contribution in [0.2, 0.25) is 0 Å². The summed E-state index contributed by atoms with van der Waals surface area (Å²) < 4.78 is 0. The molecule has 84 valence electrons. The lowest BCUT2D eigenvalue weighted by Gasteiger charge is -2.40. The first-order valence-electron chi connectivity index (χ1n) is 6.20. The van der Waals surface area contributed by atoms with Crippen LogP contribution < -0.4 is 5.32 Å². The van der Waals surface area contributed by atoms with Gasteiger partial charge in [-0.2, -0.15) is 0 Å². The highest BCUT2D eigenvalue weighted by Gasteiger charge is 2.32. The molecule has 1 N–H and O–H groups in total. The molecule has 0 saturated heterocycles. The smallest absolute Gasteiger partial charge is 0.00955 e. The third kappa shape index (κ3) is 3.27. The lowest BCUT2D eigenvalue weighted by atomic mass is 9.70. The maximum Gasteiger partial charge on any atom is 0.00955 e. The lowest BCUT2D eigenvalue weighted by Crippen LogP contribution is -2.45. The number of nitrogens with one attached hydrogen (secondary N) is 1. The van der Waals surface area contributed by atoms with E-state index in [1.54, 1.807) is 0 Å². The number of hydrogen-bond acceptors (Lipinski definition) is 1. The van der Waals surface area contributed by atoms with Gasteiger partial charge >= 0.3 is 0 Å². The van der Waals surface area contributed by atoms with E-state index in [2.05, 4.69) is 39.9 Å². The van der Waals surface area contributed by atoms with Crippen molar-refractivity contribution in [1.82, 2.24) is 5.32 Å². The third-order valence-electron chi connectivity index (χ3n) is 3.80. The van der Waals surface area contributed by atoms with Crippen molar-refractivity contribution in [3.63, 3.8) is 0 Å². The molecule has 0 spiro atoms. The summed E-state index contributed by atoms with van der Waals surface area (Å²) in [7, 11) is 0. The van der Waals surface area contributed by atoms with E-state index in [-0.39, 0.29) is 0 Å². The fourth-order valence-corrected chi connectivity index (χ4v) is 2.68. The Hall–Kier alpha value is -0.0400. The van der Waals surface area contributed by atoms with Crippen LogP contribution in [0.1, 0.15) is 60.3 Å². The Morgan fingerprint density at radius 1 is 1.43 bits per heavy atom. The van der Waals surface area contributed by atoms with Gasteiger partial charge in [0.25, 0.3) is 0 Å². The molecule has 0 amide bonds. The lowest BCUT2D eigenvalue weighted by molar-refractivity contribution is 0.142. The van der Waals surface area contributed by atoms with Crippen LogP contribution in [0.4, 0.5) is 0 Å². The van der Waals surface area contributed by atoms with Gasteiger partial charge in [-0.05, 0) is 43.9 Å². The van der Waals surface area contributed by atoms with Crippen LogP contribution in [-0.4, -0.2) is 12.1 Å². The Morgan fingerprint density at radius 2 is 2.07 bits per heavy atom. The van der Waals surface area contributed by atoms with E-state index in [0.29, 0.717) is 11.5 Å². The van der Waals surface area contributed by atoms with Crippen LogP contribution in [0.15, 0.2) is 0 Å². The minimum atomic E-state index is 0.576. The van der Waals surface area contributed by atoms with Crippen molar-refractivity contribution >= 4 is 0 Å². The topological polar surface area (TPSA) is 12.0 Å². The summed E-state index contributed by atoms with van der Waals surface area (Å²) in [6.07, 6.45) is 5.36. The second kappa shape index (κ2) is 4.65. The molecule has 1 fully saturated rings. The zero-order chi connectivity index (χ0) is 10.8. The molecule has 0 heterocycles. The van der Waals surface area contributed by atoms with E-state index in [0.717, 1.165) is 12.0 Å². The second-order valence-corrected chi connectivity index (χ2v) is 5.97. The highest BCUT2D eigenvalue weighted by molar-refractivity contribution is 4.87. The molecule has 0 aromatic carbocycles. The maximum atomic E-state index is 3.76. The molecule has 1 aliphatic rings. The Labute approximate surface area is 89.7 Å². The summed E-state index contributed by atoms with van der Waals surface area (Å²) in [5.74, 6) is 0.841. The van der Waals surface area contributed by atoms with Crippen molar-refractivity contribution in [2.45, 2.75) is 72.4 Å². The van der Waals surface area contributed by atoms with Gasteiger partial charge < -0.3 is 5.32 Å². The molecule has 0 aliphatic heterocycles. The minimum absolute atomic E-state index is 0.576. The van der Waals surface area contributed by atoms with E-state index in [1.807, 2.05) is 0 Å². The largest absolute Gasteiger partial charge is 0.311 e. The molecule has 0 bridgehead atoms. The molecular weight excluding hydrogens is 170 g/mol. The summed E-state index contributed by atoms with van der Waals surface area (Å²) >= 11 is 0. The van der Waals surface area contributed by atoms with Gasteiger partial charge in [0.1, 0.15) is 0 Å². The maximum absolute atomic E-state index is 3.76. The van der Waals surface area contributed by atoms with Crippen molar-refractivity contribution in [2.75, 3.05) is 0 Å². The molecular formula is C13H27N. The van der Waals surface area contributed by atoms with Gasteiger partial charge in [-0.1, -0.05) is 27.7 Å². The summed E-state index contributed by atoms with van der Waals surface area (Å²) in [4.78, 5) is 0. The molecule has 1 saturated carbocycles. The Morgan fingerprint density at radius 3 is 2.57 bits per heavy atom. The zero-order valence-corrected chi connectivity index (χ0v) is 10.6. The van der Waals surface area contributed by atoms with Crippen molar-refractivity contribution in [3.05, 3.63) is 0 Å².